The van der Waals surface area contributed by atoms with Crippen molar-refractivity contribution < 1.29 is 37.7 Å². The summed E-state index contributed by atoms with van der Waals surface area (Å²) >= 11 is 0. The molecule has 1 aromatic rings. The van der Waals surface area contributed by atoms with Crippen molar-refractivity contribution in [1.29, 1.82) is 0 Å². The normalized spacial score (nSPS) is 14.6. The average molecular weight is 280 g/mol. The first-order valence-corrected chi connectivity index (χ1v) is 5.04. The molecule has 0 radical (unpaired) electrons. The molecule has 0 aliphatic carbocycles. The molecule has 0 amide bonds. The Kier molecular flexibility index (Phi) is 4.73. The van der Waals surface area contributed by atoms with Crippen LogP contribution in [0.15, 0.2) is 24.3 Å². The highest BCUT2D eigenvalue weighted by Crippen LogP contribution is 2.25. The molecular formula is C11H11F3O5. The highest BCUT2D eigenvalue weighted by Gasteiger charge is 2.31. The van der Waals surface area contributed by atoms with Crippen LogP contribution in [0.1, 0.15) is 11.7 Å². The monoisotopic (exact) mass is 280 g/mol. The molecule has 19 heavy (non-hydrogen) atoms. The molecular weight excluding hydrogens is 269 g/mol. The first kappa shape index (κ1) is 15.3. The number of alkyl halides is 3. The Morgan fingerprint density at radius 2 is 1.74 bits per heavy atom. The number of carbonyl (C=O) groups excluding carboxylic acids is 1. The van der Waals surface area contributed by atoms with Crippen molar-refractivity contribution in [2.45, 2.75) is 18.6 Å². The zero-order valence-corrected chi connectivity index (χ0v) is 9.72. The van der Waals surface area contributed by atoms with Crippen LogP contribution in [0, 0.1) is 0 Å². The Morgan fingerprint density at radius 1 is 1.21 bits per heavy atom. The highest BCUT2D eigenvalue weighted by molar-refractivity contribution is 5.75. The van der Waals surface area contributed by atoms with E-state index in [0.717, 1.165) is 31.4 Å². The van der Waals surface area contributed by atoms with Crippen LogP contribution in [0.25, 0.3) is 0 Å². The lowest BCUT2D eigenvalue weighted by Gasteiger charge is -2.16. The molecule has 0 fully saturated rings. The van der Waals surface area contributed by atoms with Crippen molar-refractivity contribution in [3.8, 4) is 5.75 Å². The minimum atomic E-state index is -4.81. The standard InChI is InChI=1S/C11H11F3O5/c1-18-10(17)9(16)8(15)6-2-4-7(5-3-6)19-11(12,13)14/h2-5,8-9,15-16H,1H3. The maximum atomic E-state index is 11.9. The second-order valence-electron chi connectivity index (χ2n) is 3.53. The second-order valence-corrected chi connectivity index (χ2v) is 3.53. The molecule has 8 heteroatoms. The van der Waals surface area contributed by atoms with Crippen LogP contribution in [0.5, 0.6) is 5.75 Å². The summed E-state index contributed by atoms with van der Waals surface area (Å²) in [4.78, 5) is 11.0. The number of esters is 1. The Labute approximate surface area is 106 Å². The van der Waals surface area contributed by atoms with Gasteiger partial charge in [-0.3, -0.25) is 0 Å². The number of rotatable bonds is 4. The quantitative estimate of drug-likeness (QED) is 0.809. The fourth-order valence-corrected chi connectivity index (χ4v) is 1.30. The van der Waals surface area contributed by atoms with E-state index in [1.54, 1.807) is 0 Å². The summed E-state index contributed by atoms with van der Waals surface area (Å²) in [5.41, 5.74) is 0.0485. The van der Waals surface area contributed by atoms with Gasteiger partial charge in [-0.05, 0) is 17.7 Å². The topological polar surface area (TPSA) is 76.0 Å². The van der Waals surface area contributed by atoms with Gasteiger partial charge in [0, 0.05) is 0 Å². The third-order valence-corrected chi connectivity index (χ3v) is 2.20. The summed E-state index contributed by atoms with van der Waals surface area (Å²) in [6, 6.07) is 4.10. The van der Waals surface area contributed by atoms with Gasteiger partial charge >= 0.3 is 12.3 Å². The molecule has 1 aromatic carbocycles. The third-order valence-electron chi connectivity index (χ3n) is 2.20. The number of methoxy groups -OCH3 is 1. The summed E-state index contributed by atoms with van der Waals surface area (Å²) in [6.45, 7) is 0. The molecule has 0 saturated carbocycles. The van der Waals surface area contributed by atoms with E-state index in [4.69, 9.17) is 0 Å². The minimum Gasteiger partial charge on any atom is -0.467 e. The number of ether oxygens (including phenoxy) is 2. The van der Waals surface area contributed by atoms with Crippen molar-refractivity contribution in [3.63, 3.8) is 0 Å². The van der Waals surface area contributed by atoms with E-state index < -0.39 is 30.3 Å². The summed E-state index contributed by atoms with van der Waals surface area (Å²) in [7, 11) is 1.03. The number of aliphatic hydroxyl groups excluding tert-OH is 2. The van der Waals surface area contributed by atoms with E-state index in [1.807, 2.05) is 0 Å². The molecule has 5 nitrogen and oxygen atoms in total. The molecule has 106 valence electrons. The molecule has 0 bridgehead atoms. The van der Waals surface area contributed by atoms with Crippen LogP contribution in [-0.4, -0.2) is 35.8 Å². The van der Waals surface area contributed by atoms with E-state index in [0.29, 0.717) is 0 Å². The van der Waals surface area contributed by atoms with Crippen LogP contribution >= 0.6 is 0 Å². The van der Waals surface area contributed by atoms with Crippen LogP contribution < -0.4 is 4.74 Å². The van der Waals surface area contributed by atoms with Gasteiger partial charge in [-0.1, -0.05) is 12.1 Å². The number of carbonyl (C=O) groups is 1. The molecule has 2 unspecified atom stereocenters. The first-order valence-electron chi connectivity index (χ1n) is 5.04. The largest absolute Gasteiger partial charge is 0.573 e. The number of benzene rings is 1. The number of hydrogen-bond donors (Lipinski definition) is 2. The molecule has 0 aliphatic heterocycles. The number of halogens is 3. The smallest absolute Gasteiger partial charge is 0.467 e. The molecule has 1 rings (SSSR count). The Balaban J connectivity index is 2.78. The number of aliphatic hydroxyl groups is 2. The maximum Gasteiger partial charge on any atom is 0.573 e. The molecule has 0 heterocycles. The summed E-state index contributed by atoms with van der Waals surface area (Å²) in [5.74, 6) is -1.53. The van der Waals surface area contributed by atoms with E-state index in [2.05, 4.69) is 9.47 Å². The van der Waals surface area contributed by atoms with Gasteiger partial charge in [0.1, 0.15) is 11.9 Å². The molecule has 2 N–H and O–H groups in total. The van der Waals surface area contributed by atoms with Crippen molar-refractivity contribution in [2.24, 2.45) is 0 Å². The lowest BCUT2D eigenvalue weighted by Crippen LogP contribution is -2.29. The fourth-order valence-electron chi connectivity index (χ4n) is 1.30. The third kappa shape index (κ3) is 4.42. The Hall–Kier alpha value is -1.80. The predicted octanol–water partition coefficient (Wildman–Crippen LogP) is 1.15. The van der Waals surface area contributed by atoms with Gasteiger partial charge in [-0.2, -0.15) is 0 Å². The van der Waals surface area contributed by atoms with Gasteiger partial charge in [0.05, 0.1) is 7.11 Å². The van der Waals surface area contributed by atoms with Gasteiger partial charge < -0.3 is 19.7 Å². The van der Waals surface area contributed by atoms with Gasteiger partial charge in [0.25, 0.3) is 0 Å². The predicted molar refractivity (Wildman–Crippen MR) is 56.1 cm³/mol. The van der Waals surface area contributed by atoms with Gasteiger partial charge in [0.2, 0.25) is 0 Å². The van der Waals surface area contributed by atoms with Crippen LogP contribution in [0.2, 0.25) is 0 Å². The van der Waals surface area contributed by atoms with Crippen LogP contribution in [0.4, 0.5) is 13.2 Å². The van der Waals surface area contributed by atoms with Gasteiger partial charge in [0.15, 0.2) is 6.10 Å². The zero-order valence-electron chi connectivity index (χ0n) is 9.72. The SMILES string of the molecule is COC(=O)C(O)C(O)c1ccc(OC(F)(F)F)cc1. The molecule has 0 aromatic heterocycles. The molecule has 2 atom stereocenters. The van der Waals surface area contributed by atoms with E-state index in [1.165, 1.54) is 0 Å². The summed E-state index contributed by atoms with van der Waals surface area (Å²) in [5, 5.41) is 19.0. The lowest BCUT2D eigenvalue weighted by molar-refractivity contribution is -0.274. The maximum absolute atomic E-state index is 11.9. The van der Waals surface area contributed by atoms with Crippen molar-refractivity contribution >= 4 is 5.97 Å². The Bertz CT molecular complexity index is 429. The zero-order chi connectivity index (χ0) is 14.6. The summed E-state index contributed by atoms with van der Waals surface area (Å²) < 4.78 is 43.6. The minimum absolute atomic E-state index is 0.0485. The number of hydrogen-bond acceptors (Lipinski definition) is 5. The van der Waals surface area contributed by atoms with Gasteiger partial charge in [-0.15, -0.1) is 13.2 Å². The van der Waals surface area contributed by atoms with Crippen molar-refractivity contribution in [1.82, 2.24) is 0 Å². The molecule has 0 saturated heterocycles. The lowest BCUT2D eigenvalue weighted by atomic mass is 10.0. The van der Waals surface area contributed by atoms with Crippen LogP contribution in [0.3, 0.4) is 0 Å². The van der Waals surface area contributed by atoms with Crippen molar-refractivity contribution in [2.75, 3.05) is 7.11 Å². The first-order chi connectivity index (χ1) is 8.74. The second kappa shape index (κ2) is 5.89. The van der Waals surface area contributed by atoms with Gasteiger partial charge in [-0.25, -0.2) is 4.79 Å². The van der Waals surface area contributed by atoms with Crippen LogP contribution in [-0.2, 0) is 9.53 Å². The summed E-state index contributed by atoms with van der Waals surface area (Å²) in [6.07, 6.45) is -8.24. The highest BCUT2D eigenvalue weighted by atomic mass is 19.4. The Morgan fingerprint density at radius 3 is 2.16 bits per heavy atom. The average Bonchev–Trinajstić information content (AvgIpc) is 2.35. The molecule has 0 aliphatic rings. The fraction of sp³-hybridized carbons (Fsp3) is 0.364. The van der Waals surface area contributed by atoms with E-state index >= 15 is 0 Å². The van der Waals surface area contributed by atoms with E-state index in [-0.39, 0.29) is 5.56 Å². The van der Waals surface area contributed by atoms with Crippen molar-refractivity contribution in [3.05, 3.63) is 29.8 Å². The van der Waals surface area contributed by atoms with E-state index in [9.17, 15) is 28.2 Å². The molecule has 0 spiro atoms.